The molecule has 2 rings (SSSR count). The number of hydrogen-bond acceptors (Lipinski definition) is 5. The molecule has 1 atom stereocenters. The molecule has 0 aromatic heterocycles. The summed E-state index contributed by atoms with van der Waals surface area (Å²) in [6.45, 7) is 3.77. The van der Waals surface area contributed by atoms with Crippen LogP contribution in [-0.4, -0.2) is 18.2 Å². The molecule has 128 valence electrons. The monoisotopic (exact) mass is 329 g/mol. The molecule has 2 aromatic rings. The molecular weight excluding hydrogens is 306 g/mol. The van der Waals surface area contributed by atoms with E-state index in [4.69, 9.17) is 15.2 Å². The van der Waals surface area contributed by atoms with Crippen molar-refractivity contribution >= 4 is 5.97 Å². The highest BCUT2D eigenvalue weighted by Crippen LogP contribution is 2.38. The van der Waals surface area contributed by atoms with E-state index >= 15 is 0 Å². The molecule has 3 N–H and O–H groups in total. The fraction of sp³-hybridized carbons (Fsp3) is 0.316. The molecule has 24 heavy (non-hydrogen) atoms. The van der Waals surface area contributed by atoms with Crippen LogP contribution in [0.1, 0.15) is 31.0 Å². The molecule has 0 aliphatic carbocycles. The van der Waals surface area contributed by atoms with Crippen LogP contribution in [0.2, 0.25) is 0 Å². The summed E-state index contributed by atoms with van der Waals surface area (Å²) < 4.78 is 10.5. The van der Waals surface area contributed by atoms with E-state index in [0.717, 1.165) is 5.56 Å². The van der Waals surface area contributed by atoms with Crippen LogP contribution in [0.4, 0.5) is 0 Å². The molecule has 0 aliphatic rings. The molecule has 5 heteroatoms. The first-order valence-corrected chi connectivity index (χ1v) is 7.70. The van der Waals surface area contributed by atoms with Crippen LogP contribution < -0.4 is 10.5 Å². The van der Waals surface area contributed by atoms with Gasteiger partial charge in [0.1, 0.15) is 18.1 Å². The van der Waals surface area contributed by atoms with E-state index in [2.05, 4.69) is 0 Å². The Labute approximate surface area is 142 Å². The van der Waals surface area contributed by atoms with Gasteiger partial charge in [-0.25, -0.2) is 0 Å². The van der Waals surface area contributed by atoms with Crippen molar-refractivity contribution in [3.8, 4) is 11.5 Å². The highest BCUT2D eigenvalue weighted by atomic mass is 16.5. The summed E-state index contributed by atoms with van der Waals surface area (Å²) in [7, 11) is 1.32. The van der Waals surface area contributed by atoms with Gasteiger partial charge in [-0.1, -0.05) is 36.4 Å². The second-order valence-electron chi connectivity index (χ2n) is 6.19. The zero-order valence-corrected chi connectivity index (χ0v) is 14.2. The van der Waals surface area contributed by atoms with Crippen molar-refractivity contribution in [1.82, 2.24) is 0 Å². The lowest BCUT2D eigenvalue weighted by atomic mass is 9.80. The van der Waals surface area contributed by atoms with Crippen molar-refractivity contribution in [3.63, 3.8) is 0 Å². The lowest BCUT2D eigenvalue weighted by Crippen LogP contribution is -2.37. The first-order chi connectivity index (χ1) is 11.4. The number of phenols is 1. The van der Waals surface area contributed by atoms with Crippen molar-refractivity contribution in [2.75, 3.05) is 7.11 Å². The molecule has 0 amide bonds. The molecule has 0 saturated heterocycles. The van der Waals surface area contributed by atoms with Crippen molar-refractivity contribution in [3.05, 3.63) is 59.7 Å². The predicted octanol–water partition coefficient (Wildman–Crippen LogP) is 3.17. The average Bonchev–Trinajstić information content (AvgIpc) is 2.59. The maximum atomic E-state index is 11.9. The molecule has 5 nitrogen and oxygen atoms in total. The number of ether oxygens (including phenoxy) is 2. The van der Waals surface area contributed by atoms with E-state index in [0.29, 0.717) is 17.9 Å². The Kier molecular flexibility index (Phi) is 5.46. The van der Waals surface area contributed by atoms with Gasteiger partial charge in [-0.3, -0.25) is 4.79 Å². The van der Waals surface area contributed by atoms with Crippen molar-refractivity contribution in [2.24, 2.45) is 11.1 Å². The van der Waals surface area contributed by atoms with E-state index < -0.39 is 17.4 Å². The van der Waals surface area contributed by atoms with E-state index in [1.165, 1.54) is 13.2 Å². The Morgan fingerprint density at radius 3 is 2.46 bits per heavy atom. The van der Waals surface area contributed by atoms with Gasteiger partial charge < -0.3 is 20.3 Å². The number of benzene rings is 2. The number of carbonyl (C=O) groups is 1. The summed E-state index contributed by atoms with van der Waals surface area (Å²) in [6.07, 6.45) is 0. The van der Waals surface area contributed by atoms with Crippen molar-refractivity contribution in [2.45, 2.75) is 26.5 Å². The lowest BCUT2D eigenvalue weighted by Gasteiger charge is -2.29. The zero-order valence-electron chi connectivity index (χ0n) is 14.2. The molecule has 0 bridgehead atoms. The Balaban J connectivity index is 2.13. The maximum Gasteiger partial charge on any atom is 0.313 e. The van der Waals surface area contributed by atoms with Crippen LogP contribution >= 0.6 is 0 Å². The Bertz CT molecular complexity index is 698. The Morgan fingerprint density at radius 1 is 1.21 bits per heavy atom. The second kappa shape index (κ2) is 7.36. The summed E-state index contributed by atoms with van der Waals surface area (Å²) in [5.41, 5.74) is 6.71. The van der Waals surface area contributed by atoms with Gasteiger partial charge in [0.2, 0.25) is 0 Å². The smallest absolute Gasteiger partial charge is 0.313 e. The number of phenolic OH excluding ortho intramolecular Hbond substituents is 1. The minimum atomic E-state index is -0.960. The minimum absolute atomic E-state index is 0.00922. The van der Waals surface area contributed by atoms with Gasteiger partial charge in [-0.2, -0.15) is 0 Å². The summed E-state index contributed by atoms with van der Waals surface area (Å²) in [5, 5.41) is 10.3. The van der Waals surface area contributed by atoms with E-state index in [-0.39, 0.29) is 5.75 Å². The molecule has 0 fully saturated rings. The van der Waals surface area contributed by atoms with E-state index in [9.17, 15) is 9.90 Å². The molecular formula is C19H23NO4. The molecule has 0 spiro atoms. The van der Waals surface area contributed by atoms with Gasteiger partial charge in [0, 0.05) is 17.7 Å². The fourth-order valence-electron chi connectivity index (χ4n) is 2.40. The van der Waals surface area contributed by atoms with Gasteiger partial charge in [-0.05, 0) is 25.5 Å². The zero-order chi connectivity index (χ0) is 17.7. The average molecular weight is 329 g/mol. The fourth-order valence-corrected chi connectivity index (χ4v) is 2.40. The number of nitrogens with two attached hydrogens (primary N) is 1. The van der Waals surface area contributed by atoms with Crippen LogP contribution in [0.3, 0.4) is 0 Å². The highest BCUT2D eigenvalue weighted by molar-refractivity contribution is 5.77. The first-order valence-electron chi connectivity index (χ1n) is 7.70. The van der Waals surface area contributed by atoms with Gasteiger partial charge in [0.05, 0.1) is 12.5 Å². The van der Waals surface area contributed by atoms with Crippen LogP contribution in [0, 0.1) is 5.41 Å². The molecule has 0 saturated carbocycles. The number of aromatic hydroxyl groups is 1. The highest BCUT2D eigenvalue weighted by Gasteiger charge is 2.37. The normalized spacial score (nSPS) is 12.5. The predicted molar refractivity (Wildman–Crippen MR) is 91.6 cm³/mol. The van der Waals surface area contributed by atoms with Gasteiger partial charge in [0.25, 0.3) is 0 Å². The number of hydrogen-bond donors (Lipinski definition) is 2. The number of carbonyl (C=O) groups excluding carboxylic acids is 1. The third-order valence-electron chi connectivity index (χ3n) is 4.07. The topological polar surface area (TPSA) is 81.8 Å². The van der Waals surface area contributed by atoms with Crippen LogP contribution in [0.25, 0.3) is 0 Å². The number of esters is 1. The van der Waals surface area contributed by atoms with Crippen LogP contribution in [0.15, 0.2) is 48.5 Å². The van der Waals surface area contributed by atoms with Crippen LogP contribution in [0.5, 0.6) is 11.5 Å². The molecule has 0 radical (unpaired) electrons. The molecule has 0 aliphatic heterocycles. The lowest BCUT2D eigenvalue weighted by molar-refractivity contribution is -0.152. The Morgan fingerprint density at radius 2 is 1.88 bits per heavy atom. The van der Waals surface area contributed by atoms with Crippen LogP contribution in [-0.2, 0) is 16.1 Å². The SMILES string of the molecule is COC(=O)C(C)(C)[C@H](N)c1ccc(OCc2ccccc2)cc1O. The van der Waals surface area contributed by atoms with Gasteiger partial charge >= 0.3 is 5.97 Å². The van der Waals surface area contributed by atoms with E-state index in [1.54, 1.807) is 26.0 Å². The quantitative estimate of drug-likeness (QED) is 0.796. The Hall–Kier alpha value is -2.53. The molecule has 0 unspecified atom stereocenters. The van der Waals surface area contributed by atoms with Crippen molar-refractivity contribution in [1.29, 1.82) is 0 Å². The molecule has 0 heterocycles. The maximum absolute atomic E-state index is 11.9. The standard InChI is InChI=1S/C19H23NO4/c1-19(2,18(22)23-3)17(20)15-10-9-14(11-16(15)21)24-12-13-7-5-4-6-8-13/h4-11,17,21H,12,20H2,1-3H3/t17-/m1/s1. The first kappa shape index (κ1) is 17.8. The third-order valence-corrected chi connectivity index (χ3v) is 4.07. The summed E-state index contributed by atoms with van der Waals surface area (Å²) in [5.74, 6) is 0.0898. The minimum Gasteiger partial charge on any atom is -0.507 e. The second-order valence-corrected chi connectivity index (χ2v) is 6.19. The largest absolute Gasteiger partial charge is 0.507 e. The van der Waals surface area contributed by atoms with Gasteiger partial charge in [-0.15, -0.1) is 0 Å². The third kappa shape index (κ3) is 3.86. The number of rotatable bonds is 6. The number of methoxy groups -OCH3 is 1. The molecule has 2 aromatic carbocycles. The summed E-state index contributed by atoms with van der Waals surface area (Å²) in [6, 6.07) is 13.9. The summed E-state index contributed by atoms with van der Waals surface area (Å²) in [4.78, 5) is 11.9. The summed E-state index contributed by atoms with van der Waals surface area (Å²) >= 11 is 0. The van der Waals surface area contributed by atoms with Gasteiger partial charge in [0.15, 0.2) is 0 Å². The van der Waals surface area contributed by atoms with Crippen molar-refractivity contribution < 1.29 is 19.4 Å². The van der Waals surface area contributed by atoms with E-state index in [1.807, 2.05) is 30.3 Å².